The molecule has 0 fully saturated rings. The highest BCUT2D eigenvalue weighted by molar-refractivity contribution is 5.65. The molecule has 18 heavy (non-hydrogen) atoms. The number of nitrogens with one attached hydrogen (secondary N) is 1. The molecule has 2 rings (SSSR count). The Labute approximate surface area is 101 Å². The van der Waals surface area contributed by atoms with Crippen molar-refractivity contribution in [1.29, 1.82) is 5.26 Å². The van der Waals surface area contributed by atoms with Crippen molar-refractivity contribution in [3.8, 4) is 17.5 Å². The van der Waals surface area contributed by atoms with Gasteiger partial charge in [0, 0.05) is 17.5 Å². The zero-order valence-electron chi connectivity index (χ0n) is 9.34. The minimum Gasteiger partial charge on any atom is -0.342 e. The third-order valence-electron chi connectivity index (χ3n) is 2.43. The van der Waals surface area contributed by atoms with Gasteiger partial charge < -0.3 is 4.98 Å². The lowest BCUT2D eigenvalue weighted by molar-refractivity contribution is -0.137. The van der Waals surface area contributed by atoms with E-state index in [1.165, 1.54) is 6.07 Å². The zero-order valence-corrected chi connectivity index (χ0v) is 9.34. The number of hydrogen-bond acceptors (Lipinski definition) is 2. The summed E-state index contributed by atoms with van der Waals surface area (Å²) in [6.45, 7) is 1.77. The van der Waals surface area contributed by atoms with Crippen LogP contribution in [-0.4, -0.2) is 9.97 Å². The van der Waals surface area contributed by atoms with Crippen LogP contribution in [0, 0.1) is 18.3 Å². The number of hydrogen-bond donors (Lipinski definition) is 1. The van der Waals surface area contributed by atoms with Crippen molar-refractivity contribution in [2.75, 3.05) is 0 Å². The van der Waals surface area contributed by atoms with Gasteiger partial charge in [-0.15, -0.1) is 0 Å². The lowest BCUT2D eigenvalue weighted by Gasteiger charge is -2.08. The number of alkyl halides is 3. The van der Waals surface area contributed by atoms with Gasteiger partial charge >= 0.3 is 6.18 Å². The van der Waals surface area contributed by atoms with Crippen LogP contribution in [0.15, 0.2) is 24.4 Å². The number of aromatic nitrogens is 2. The lowest BCUT2D eigenvalue weighted by Crippen LogP contribution is -2.05. The molecule has 2 aromatic rings. The third-order valence-corrected chi connectivity index (χ3v) is 2.43. The van der Waals surface area contributed by atoms with E-state index in [0.29, 0.717) is 11.4 Å². The molecule has 0 aliphatic rings. The molecule has 0 aliphatic heterocycles. The van der Waals surface area contributed by atoms with Crippen LogP contribution in [-0.2, 0) is 6.18 Å². The van der Waals surface area contributed by atoms with Gasteiger partial charge in [-0.05, 0) is 25.1 Å². The van der Waals surface area contributed by atoms with Gasteiger partial charge in [0.05, 0.1) is 17.2 Å². The Morgan fingerprint density at radius 1 is 1.33 bits per heavy atom. The van der Waals surface area contributed by atoms with Crippen molar-refractivity contribution in [1.82, 2.24) is 9.97 Å². The molecule has 1 heterocycles. The molecule has 1 aromatic carbocycles. The van der Waals surface area contributed by atoms with E-state index < -0.39 is 11.7 Å². The minimum atomic E-state index is -4.46. The lowest BCUT2D eigenvalue weighted by atomic mass is 10.0. The van der Waals surface area contributed by atoms with E-state index in [-0.39, 0.29) is 5.56 Å². The second kappa shape index (κ2) is 4.18. The molecular formula is C12H8F3N3. The smallest absolute Gasteiger partial charge is 0.342 e. The number of H-pyrrole nitrogens is 1. The van der Waals surface area contributed by atoms with Crippen molar-refractivity contribution in [3.05, 3.63) is 41.2 Å². The van der Waals surface area contributed by atoms with Crippen molar-refractivity contribution >= 4 is 0 Å². The molecule has 0 bridgehead atoms. The second-order valence-corrected chi connectivity index (χ2v) is 3.78. The standard InChI is InChI=1S/C12H8F3N3/c1-7-6-17-11(18-7)10-3-2-9(12(13,14)15)4-8(10)5-16/h2-4,6H,1H3,(H,17,18). The molecule has 0 aliphatic carbocycles. The number of nitrogens with zero attached hydrogens (tertiary/aromatic N) is 2. The first-order valence-corrected chi connectivity index (χ1v) is 5.05. The Kier molecular flexibility index (Phi) is 2.83. The predicted molar refractivity (Wildman–Crippen MR) is 58.5 cm³/mol. The van der Waals surface area contributed by atoms with Crippen molar-refractivity contribution in [2.24, 2.45) is 0 Å². The Balaban J connectivity index is 2.55. The van der Waals surface area contributed by atoms with Gasteiger partial charge in [0.25, 0.3) is 0 Å². The van der Waals surface area contributed by atoms with E-state index >= 15 is 0 Å². The SMILES string of the molecule is Cc1cnc(-c2ccc(C(F)(F)F)cc2C#N)[nH]1. The Morgan fingerprint density at radius 3 is 2.56 bits per heavy atom. The summed E-state index contributed by atoms with van der Waals surface area (Å²) in [6, 6.07) is 4.77. The van der Waals surface area contributed by atoms with Gasteiger partial charge in [0.2, 0.25) is 0 Å². The van der Waals surface area contributed by atoms with E-state index in [0.717, 1.165) is 17.8 Å². The van der Waals surface area contributed by atoms with E-state index in [1.807, 2.05) is 0 Å². The molecule has 1 aromatic heterocycles. The molecule has 1 N–H and O–H groups in total. The average Bonchev–Trinajstić information content (AvgIpc) is 2.73. The third kappa shape index (κ3) is 2.20. The van der Waals surface area contributed by atoms with Crippen molar-refractivity contribution < 1.29 is 13.2 Å². The van der Waals surface area contributed by atoms with Crippen LogP contribution >= 0.6 is 0 Å². The summed E-state index contributed by atoms with van der Waals surface area (Å²) in [6.07, 6.45) is -2.91. The topological polar surface area (TPSA) is 52.5 Å². The molecule has 92 valence electrons. The van der Waals surface area contributed by atoms with Gasteiger partial charge in [-0.1, -0.05) is 0 Å². The average molecular weight is 251 g/mol. The fourth-order valence-corrected chi connectivity index (χ4v) is 1.57. The molecule has 0 amide bonds. The fourth-order valence-electron chi connectivity index (χ4n) is 1.57. The van der Waals surface area contributed by atoms with Crippen molar-refractivity contribution in [3.63, 3.8) is 0 Å². The van der Waals surface area contributed by atoms with E-state index in [1.54, 1.807) is 19.2 Å². The number of aryl methyl sites for hydroxylation is 1. The molecule has 0 unspecified atom stereocenters. The van der Waals surface area contributed by atoms with Crippen LogP contribution in [0.4, 0.5) is 13.2 Å². The monoisotopic (exact) mass is 251 g/mol. The summed E-state index contributed by atoms with van der Waals surface area (Å²) >= 11 is 0. The molecule has 3 nitrogen and oxygen atoms in total. The van der Waals surface area contributed by atoms with Crippen LogP contribution in [0.25, 0.3) is 11.4 Å². The molecule has 0 saturated heterocycles. The fraction of sp³-hybridized carbons (Fsp3) is 0.167. The first-order valence-electron chi connectivity index (χ1n) is 5.05. The molecule has 0 saturated carbocycles. The molecule has 0 radical (unpaired) electrons. The number of aromatic amines is 1. The number of imidazole rings is 1. The highest BCUT2D eigenvalue weighted by atomic mass is 19.4. The van der Waals surface area contributed by atoms with Crippen LogP contribution in [0.2, 0.25) is 0 Å². The normalized spacial score (nSPS) is 11.3. The van der Waals surface area contributed by atoms with Gasteiger partial charge in [0.15, 0.2) is 0 Å². The Bertz CT molecular complexity index is 620. The number of halogens is 3. The molecule has 0 atom stereocenters. The summed E-state index contributed by atoms with van der Waals surface area (Å²) in [5.41, 5.74) is 0.234. The van der Waals surface area contributed by atoms with Crippen LogP contribution in [0.1, 0.15) is 16.8 Å². The van der Waals surface area contributed by atoms with Gasteiger partial charge in [-0.2, -0.15) is 18.4 Å². The summed E-state index contributed by atoms with van der Waals surface area (Å²) in [7, 11) is 0. The summed E-state index contributed by atoms with van der Waals surface area (Å²) < 4.78 is 37.5. The highest BCUT2D eigenvalue weighted by Gasteiger charge is 2.31. The first kappa shape index (κ1) is 12.2. The molecular weight excluding hydrogens is 243 g/mol. The second-order valence-electron chi connectivity index (χ2n) is 3.78. The summed E-state index contributed by atoms with van der Waals surface area (Å²) in [5, 5.41) is 8.92. The summed E-state index contributed by atoms with van der Waals surface area (Å²) in [4.78, 5) is 6.88. The van der Waals surface area contributed by atoms with Crippen LogP contribution in [0.5, 0.6) is 0 Å². The number of rotatable bonds is 1. The van der Waals surface area contributed by atoms with Gasteiger partial charge in [-0.25, -0.2) is 4.98 Å². The maximum atomic E-state index is 12.5. The quantitative estimate of drug-likeness (QED) is 0.845. The van der Waals surface area contributed by atoms with Crippen LogP contribution < -0.4 is 0 Å². The van der Waals surface area contributed by atoms with E-state index in [9.17, 15) is 13.2 Å². The number of nitriles is 1. The predicted octanol–water partition coefficient (Wildman–Crippen LogP) is 3.28. The highest BCUT2D eigenvalue weighted by Crippen LogP contribution is 2.32. The zero-order chi connectivity index (χ0) is 13.3. The number of benzene rings is 1. The maximum Gasteiger partial charge on any atom is 0.416 e. The molecule has 6 heteroatoms. The van der Waals surface area contributed by atoms with E-state index in [4.69, 9.17) is 5.26 Å². The summed E-state index contributed by atoms with van der Waals surface area (Å²) in [5.74, 6) is 0.387. The molecule has 0 spiro atoms. The van der Waals surface area contributed by atoms with Crippen molar-refractivity contribution in [2.45, 2.75) is 13.1 Å². The minimum absolute atomic E-state index is 0.0563. The Morgan fingerprint density at radius 2 is 2.06 bits per heavy atom. The van der Waals surface area contributed by atoms with Crippen LogP contribution in [0.3, 0.4) is 0 Å². The maximum absolute atomic E-state index is 12.5. The van der Waals surface area contributed by atoms with Gasteiger partial charge in [-0.3, -0.25) is 0 Å². The first-order chi connectivity index (χ1) is 8.41. The largest absolute Gasteiger partial charge is 0.416 e. The van der Waals surface area contributed by atoms with E-state index in [2.05, 4.69) is 9.97 Å². The van der Waals surface area contributed by atoms with Gasteiger partial charge in [0.1, 0.15) is 5.82 Å². The Hall–Kier alpha value is -2.29.